The standard InChI is InChI=1S/C27H31ClO6S/c1-33-25-12-9-19(16-23(25)28)13-14-27(20-5-3-4-6-20)17-24(29)22(26(30)34-27)15-18-7-10-21(11-8-18)35(2,31)32/h7-12,16,20,29H,3-6,13-15,17H2,1-2H3. The number of methoxy groups -OCH3 is 1. The van der Waals surface area contributed by atoms with Crippen molar-refractivity contribution < 1.29 is 27.8 Å². The normalized spacial score (nSPS) is 21.3. The first-order valence-electron chi connectivity index (χ1n) is 11.9. The Kier molecular flexibility index (Phi) is 7.48. The van der Waals surface area contributed by atoms with Gasteiger partial charge in [-0.15, -0.1) is 0 Å². The van der Waals surface area contributed by atoms with E-state index >= 15 is 0 Å². The molecule has 1 unspecified atom stereocenters. The van der Waals surface area contributed by atoms with Crippen molar-refractivity contribution in [2.75, 3.05) is 13.4 Å². The lowest BCUT2D eigenvalue weighted by atomic mass is 9.76. The summed E-state index contributed by atoms with van der Waals surface area (Å²) in [5.74, 6) is 0.367. The van der Waals surface area contributed by atoms with Gasteiger partial charge in [-0.2, -0.15) is 0 Å². The van der Waals surface area contributed by atoms with Gasteiger partial charge < -0.3 is 14.6 Å². The average molecular weight is 519 g/mol. The SMILES string of the molecule is COc1ccc(CCC2(C3CCCC3)CC(O)=C(Cc3ccc(S(C)(=O)=O)cc3)C(=O)O2)cc1Cl. The lowest BCUT2D eigenvalue weighted by Crippen LogP contribution is -2.46. The summed E-state index contributed by atoms with van der Waals surface area (Å²) >= 11 is 6.30. The van der Waals surface area contributed by atoms with Crippen LogP contribution in [0.25, 0.3) is 0 Å². The molecule has 1 aliphatic heterocycles. The Morgan fingerprint density at radius 3 is 2.34 bits per heavy atom. The summed E-state index contributed by atoms with van der Waals surface area (Å²) in [5.41, 5.74) is 1.23. The summed E-state index contributed by atoms with van der Waals surface area (Å²) in [6.07, 6.45) is 6.96. The summed E-state index contributed by atoms with van der Waals surface area (Å²) in [6, 6.07) is 12.0. The van der Waals surface area contributed by atoms with Gasteiger partial charge in [0.15, 0.2) is 9.84 Å². The Morgan fingerprint density at radius 2 is 1.77 bits per heavy atom. The summed E-state index contributed by atoms with van der Waals surface area (Å²) < 4.78 is 34.8. The van der Waals surface area contributed by atoms with Gasteiger partial charge in [-0.05, 0) is 67.0 Å². The molecule has 35 heavy (non-hydrogen) atoms. The second-order valence-electron chi connectivity index (χ2n) is 9.60. The van der Waals surface area contributed by atoms with Gasteiger partial charge in [-0.1, -0.05) is 42.6 Å². The van der Waals surface area contributed by atoms with E-state index in [0.29, 0.717) is 23.6 Å². The number of aryl methyl sites for hydroxylation is 1. The minimum atomic E-state index is -3.30. The molecule has 4 rings (SSSR count). The second kappa shape index (κ2) is 10.2. The lowest BCUT2D eigenvalue weighted by molar-refractivity contribution is -0.167. The number of halogens is 1. The molecule has 0 amide bonds. The number of carbonyl (C=O) groups is 1. The van der Waals surface area contributed by atoms with Gasteiger partial charge >= 0.3 is 5.97 Å². The fourth-order valence-electron chi connectivity index (χ4n) is 5.27. The third-order valence-electron chi connectivity index (χ3n) is 7.24. The number of aliphatic hydroxyl groups excluding tert-OH is 1. The molecule has 188 valence electrons. The number of hydrogen-bond acceptors (Lipinski definition) is 6. The molecule has 1 atom stereocenters. The smallest absolute Gasteiger partial charge is 0.338 e. The highest BCUT2D eigenvalue weighted by molar-refractivity contribution is 7.90. The average Bonchev–Trinajstić information content (AvgIpc) is 3.36. The second-order valence-corrected chi connectivity index (χ2v) is 12.0. The van der Waals surface area contributed by atoms with Crippen LogP contribution in [0, 0.1) is 5.92 Å². The lowest BCUT2D eigenvalue weighted by Gasteiger charge is -2.42. The molecule has 0 radical (unpaired) electrons. The van der Waals surface area contributed by atoms with Gasteiger partial charge in [-0.25, -0.2) is 13.2 Å². The van der Waals surface area contributed by atoms with E-state index in [-0.39, 0.29) is 35.0 Å². The first kappa shape index (κ1) is 25.6. The summed E-state index contributed by atoms with van der Waals surface area (Å²) in [4.78, 5) is 13.4. The van der Waals surface area contributed by atoms with E-state index in [1.807, 2.05) is 18.2 Å². The Bertz CT molecular complexity index is 1230. The number of aliphatic hydroxyl groups is 1. The molecule has 1 heterocycles. The molecule has 1 aliphatic carbocycles. The van der Waals surface area contributed by atoms with Crippen molar-refractivity contribution in [3.63, 3.8) is 0 Å². The van der Waals surface area contributed by atoms with Gasteiger partial charge in [-0.3, -0.25) is 0 Å². The van der Waals surface area contributed by atoms with Crippen LogP contribution in [-0.2, 0) is 32.2 Å². The molecule has 2 aliphatic rings. The molecule has 1 saturated carbocycles. The topological polar surface area (TPSA) is 89.9 Å². The van der Waals surface area contributed by atoms with E-state index in [1.54, 1.807) is 19.2 Å². The van der Waals surface area contributed by atoms with Crippen LogP contribution in [0.4, 0.5) is 0 Å². The minimum absolute atomic E-state index is 0.0631. The van der Waals surface area contributed by atoms with Crippen LogP contribution in [0.3, 0.4) is 0 Å². The zero-order valence-electron chi connectivity index (χ0n) is 20.1. The quantitative estimate of drug-likeness (QED) is 0.456. The molecule has 0 spiro atoms. The van der Waals surface area contributed by atoms with Crippen molar-refractivity contribution in [2.45, 2.75) is 61.9 Å². The van der Waals surface area contributed by atoms with E-state index in [2.05, 4.69) is 0 Å². The first-order chi connectivity index (χ1) is 16.6. The van der Waals surface area contributed by atoms with E-state index in [9.17, 15) is 18.3 Å². The Balaban J connectivity index is 1.56. The minimum Gasteiger partial charge on any atom is -0.512 e. The Morgan fingerprint density at radius 1 is 1.11 bits per heavy atom. The highest BCUT2D eigenvalue weighted by Crippen LogP contribution is 2.46. The number of cyclic esters (lactones) is 1. The van der Waals surface area contributed by atoms with Crippen molar-refractivity contribution in [1.82, 2.24) is 0 Å². The van der Waals surface area contributed by atoms with Gasteiger partial charge in [0, 0.05) is 19.1 Å². The molecule has 6 nitrogen and oxygen atoms in total. The van der Waals surface area contributed by atoms with Crippen LogP contribution in [0.5, 0.6) is 5.75 Å². The van der Waals surface area contributed by atoms with Crippen LogP contribution in [0.15, 0.2) is 58.7 Å². The number of ether oxygens (including phenoxy) is 2. The Labute approximate surface area is 211 Å². The molecule has 0 saturated heterocycles. The van der Waals surface area contributed by atoms with Crippen molar-refractivity contribution in [3.8, 4) is 5.75 Å². The van der Waals surface area contributed by atoms with Gasteiger partial charge in [0.1, 0.15) is 17.1 Å². The third kappa shape index (κ3) is 5.67. The van der Waals surface area contributed by atoms with Crippen molar-refractivity contribution in [1.29, 1.82) is 0 Å². The Hall–Kier alpha value is -2.51. The molecule has 1 fully saturated rings. The maximum absolute atomic E-state index is 13.2. The largest absolute Gasteiger partial charge is 0.512 e. The van der Waals surface area contributed by atoms with E-state index in [4.69, 9.17) is 21.1 Å². The monoisotopic (exact) mass is 518 g/mol. The molecule has 2 aromatic carbocycles. The van der Waals surface area contributed by atoms with Crippen molar-refractivity contribution in [2.24, 2.45) is 5.92 Å². The fourth-order valence-corrected chi connectivity index (χ4v) is 6.18. The third-order valence-corrected chi connectivity index (χ3v) is 8.67. The molecule has 0 bridgehead atoms. The predicted octanol–water partition coefficient (Wildman–Crippen LogP) is 5.62. The van der Waals surface area contributed by atoms with E-state index < -0.39 is 21.4 Å². The highest BCUT2D eigenvalue weighted by atomic mass is 35.5. The van der Waals surface area contributed by atoms with Gasteiger partial charge in [0.25, 0.3) is 0 Å². The molecule has 8 heteroatoms. The number of hydrogen-bond donors (Lipinski definition) is 1. The van der Waals surface area contributed by atoms with Crippen LogP contribution in [0.1, 0.15) is 49.7 Å². The molecule has 1 N–H and O–H groups in total. The molecule has 0 aromatic heterocycles. The highest BCUT2D eigenvalue weighted by Gasteiger charge is 2.47. The molecular formula is C27H31ClO6S. The number of carbonyl (C=O) groups excluding carboxylic acids is 1. The molecular weight excluding hydrogens is 488 g/mol. The summed E-state index contributed by atoms with van der Waals surface area (Å²) in [6.45, 7) is 0. The number of esters is 1. The maximum atomic E-state index is 13.2. The maximum Gasteiger partial charge on any atom is 0.338 e. The van der Waals surface area contributed by atoms with Gasteiger partial charge in [0.05, 0.1) is 22.6 Å². The van der Waals surface area contributed by atoms with Crippen molar-refractivity contribution >= 4 is 27.4 Å². The van der Waals surface area contributed by atoms with Crippen LogP contribution in [0.2, 0.25) is 5.02 Å². The number of benzene rings is 2. The van der Waals surface area contributed by atoms with E-state index in [1.165, 1.54) is 12.1 Å². The fraction of sp³-hybridized carbons (Fsp3) is 0.444. The first-order valence-corrected chi connectivity index (χ1v) is 14.1. The van der Waals surface area contributed by atoms with Crippen LogP contribution < -0.4 is 4.74 Å². The number of rotatable bonds is 8. The van der Waals surface area contributed by atoms with Crippen LogP contribution in [-0.4, -0.2) is 38.5 Å². The summed E-state index contributed by atoms with van der Waals surface area (Å²) in [5, 5.41) is 11.6. The predicted molar refractivity (Wildman–Crippen MR) is 135 cm³/mol. The molecule has 2 aromatic rings. The summed E-state index contributed by atoms with van der Waals surface area (Å²) in [7, 11) is -1.73. The van der Waals surface area contributed by atoms with Crippen molar-refractivity contribution in [3.05, 3.63) is 69.9 Å². The zero-order valence-corrected chi connectivity index (χ0v) is 21.6. The number of sulfone groups is 1. The van der Waals surface area contributed by atoms with Crippen LogP contribution >= 0.6 is 11.6 Å². The van der Waals surface area contributed by atoms with Gasteiger partial charge in [0.2, 0.25) is 0 Å². The van der Waals surface area contributed by atoms with E-state index in [0.717, 1.165) is 43.1 Å². The zero-order chi connectivity index (χ0) is 25.2.